The number of piperidine rings is 1. The summed E-state index contributed by atoms with van der Waals surface area (Å²) in [6, 6.07) is 1.19. The van der Waals surface area contributed by atoms with Crippen LogP contribution in [0.1, 0.15) is 25.7 Å². The van der Waals surface area contributed by atoms with Gasteiger partial charge in [0.05, 0.1) is 6.61 Å². The molecule has 0 aromatic heterocycles. The van der Waals surface area contributed by atoms with Crippen LogP contribution in [0.2, 0.25) is 0 Å². The van der Waals surface area contributed by atoms with Crippen molar-refractivity contribution in [2.24, 2.45) is 5.73 Å². The number of hydrogen-bond acceptors (Lipinski definition) is 4. The summed E-state index contributed by atoms with van der Waals surface area (Å²) in [5.41, 5.74) is 5.61. The Hall–Kier alpha value is -0.160. The number of methoxy groups -OCH3 is 1. The monoisotopic (exact) mass is 243 g/mol. The highest BCUT2D eigenvalue weighted by Gasteiger charge is 2.25. The predicted octanol–water partition coefficient (Wildman–Crippen LogP) is 0.766. The van der Waals surface area contributed by atoms with Crippen LogP contribution in [0.3, 0.4) is 0 Å². The summed E-state index contributed by atoms with van der Waals surface area (Å²) in [4.78, 5) is 4.94. The molecule has 0 spiro atoms. The first-order valence-electron chi connectivity index (χ1n) is 6.78. The standard InChI is InChI=1S/C13H29N3O/c1-15-9-5-7-12(10-15)16(2)13(11-17-3)6-4-8-14/h12-13H,4-11,14H2,1-3H3. The van der Waals surface area contributed by atoms with Gasteiger partial charge >= 0.3 is 0 Å². The average molecular weight is 243 g/mol. The number of nitrogens with zero attached hydrogens (tertiary/aromatic N) is 2. The third-order valence-electron chi connectivity index (χ3n) is 3.85. The molecule has 2 atom stereocenters. The van der Waals surface area contributed by atoms with Gasteiger partial charge in [-0.1, -0.05) is 0 Å². The second-order valence-corrected chi connectivity index (χ2v) is 5.26. The molecule has 2 N–H and O–H groups in total. The zero-order valence-corrected chi connectivity index (χ0v) is 11.7. The van der Waals surface area contributed by atoms with Crippen LogP contribution in [0.4, 0.5) is 0 Å². The summed E-state index contributed by atoms with van der Waals surface area (Å²) in [6.07, 6.45) is 4.84. The van der Waals surface area contributed by atoms with Gasteiger partial charge in [-0.05, 0) is 52.9 Å². The lowest BCUT2D eigenvalue weighted by Gasteiger charge is -2.40. The van der Waals surface area contributed by atoms with Crippen LogP contribution in [0.25, 0.3) is 0 Å². The van der Waals surface area contributed by atoms with E-state index in [4.69, 9.17) is 10.5 Å². The molecule has 0 aromatic rings. The molecular weight excluding hydrogens is 214 g/mol. The molecule has 0 aromatic carbocycles. The van der Waals surface area contributed by atoms with Crippen molar-refractivity contribution >= 4 is 0 Å². The summed E-state index contributed by atoms with van der Waals surface area (Å²) < 4.78 is 5.34. The minimum Gasteiger partial charge on any atom is -0.383 e. The minimum atomic E-state index is 0.514. The van der Waals surface area contributed by atoms with E-state index in [1.54, 1.807) is 7.11 Å². The highest BCUT2D eigenvalue weighted by Crippen LogP contribution is 2.17. The van der Waals surface area contributed by atoms with E-state index in [0.29, 0.717) is 12.1 Å². The average Bonchev–Trinajstić information content (AvgIpc) is 2.33. The first kappa shape index (κ1) is 14.9. The Morgan fingerprint density at radius 1 is 1.53 bits per heavy atom. The van der Waals surface area contributed by atoms with Crippen molar-refractivity contribution in [3.05, 3.63) is 0 Å². The minimum absolute atomic E-state index is 0.514. The lowest BCUT2D eigenvalue weighted by molar-refractivity contribution is 0.0469. The third kappa shape index (κ3) is 4.92. The van der Waals surface area contributed by atoms with Crippen LogP contribution in [-0.2, 0) is 4.74 Å². The predicted molar refractivity (Wildman–Crippen MR) is 72.2 cm³/mol. The van der Waals surface area contributed by atoms with Crippen molar-refractivity contribution in [3.8, 4) is 0 Å². The number of nitrogens with two attached hydrogens (primary N) is 1. The molecule has 1 aliphatic rings. The van der Waals surface area contributed by atoms with Gasteiger partial charge in [0.2, 0.25) is 0 Å². The van der Waals surface area contributed by atoms with Gasteiger partial charge in [0.15, 0.2) is 0 Å². The lowest BCUT2D eigenvalue weighted by atomic mass is 10.0. The number of likely N-dealkylation sites (tertiary alicyclic amines) is 1. The quantitative estimate of drug-likeness (QED) is 0.717. The molecule has 17 heavy (non-hydrogen) atoms. The third-order valence-corrected chi connectivity index (χ3v) is 3.85. The number of ether oxygens (including phenoxy) is 1. The molecule has 1 fully saturated rings. The molecule has 0 radical (unpaired) electrons. The van der Waals surface area contributed by atoms with Crippen LogP contribution >= 0.6 is 0 Å². The van der Waals surface area contributed by atoms with E-state index in [0.717, 1.165) is 26.0 Å². The zero-order valence-electron chi connectivity index (χ0n) is 11.7. The highest BCUT2D eigenvalue weighted by molar-refractivity contribution is 4.82. The van der Waals surface area contributed by atoms with Gasteiger partial charge < -0.3 is 15.4 Å². The van der Waals surface area contributed by atoms with Gasteiger partial charge in [0.1, 0.15) is 0 Å². The summed E-state index contributed by atoms with van der Waals surface area (Å²) in [5, 5.41) is 0. The van der Waals surface area contributed by atoms with Gasteiger partial charge in [0.25, 0.3) is 0 Å². The maximum absolute atomic E-state index is 5.61. The summed E-state index contributed by atoms with van der Waals surface area (Å²) >= 11 is 0. The number of likely N-dealkylation sites (N-methyl/N-ethyl adjacent to an activating group) is 2. The first-order valence-corrected chi connectivity index (χ1v) is 6.78. The fourth-order valence-corrected chi connectivity index (χ4v) is 2.72. The normalized spacial score (nSPS) is 24.2. The van der Waals surface area contributed by atoms with Gasteiger partial charge in [-0.25, -0.2) is 0 Å². The smallest absolute Gasteiger partial charge is 0.0618 e. The van der Waals surface area contributed by atoms with Crippen molar-refractivity contribution in [1.82, 2.24) is 9.80 Å². The number of rotatable bonds is 7. The Morgan fingerprint density at radius 2 is 2.29 bits per heavy atom. The molecule has 4 heteroatoms. The fraction of sp³-hybridized carbons (Fsp3) is 1.00. The van der Waals surface area contributed by atoms with E-state index in [1.165, 1.54) is 25.9 Å². The Morgan fingerprint density at radius 3 is 2.88 bits per heavy atom. The largest absolute Gasteiger partial charge is 0.383 e. The zero-order chi connectivity index (χ0) is 12.7. The number of hydrogen-bond donors (Lipinski definition) is 1. The van der Waals surface area contributed by atoms with E-state index in [9.17, 15) is 0 Å². The van der Waals surface area contributed by atoms with E-state index in [-0.39, 0.29) is 0 Å². The molecule has 1 saturated heterocycles. The Labute approximate surface area is 106 Å². The Kier molecular flexibility index (Phi) is 7.04. The van der Waals surface area contributed by atoms with Gasteiger partial charge in [-0.3, -0.25) is 4.90 Å². The van der Waals surface area contributed by atoms with E-state index < -0.39 is 0 Å². The molecule has 0 aliphatic carbocycles. The lowest BCUT2D eigenvalue weighted by Crippen LogP contribution is -2.50. The topological polar surface area (TPSA) is 41.7 Å². The van der Waals surface area contributed by atoms with Crippen LogP contribution in [0.15, 0.2) is 0 Å². The molecule has 0 bridgehead atoms. The van der Waals surface area contributed by atoms with Gasteiger partial charge in [-0.15, -0.1) is 0 Å². The summed E-state index contributed by atoms with van der Waals surface area (Å²) in [6.45, 7) is 4.01. The van der Waals surface area contributed by atoms with E-state index >= 15 is 0 Å². The second kappa shape index (κ2) is 8.03. The molecule has 2 unspecified atom stereocenters. The maximum atomic E-state index is 5.61. The van der Waals surface area contributed by atoms with Crippen molar-refractivity contribution in [2.75, 3.05) is 47.4 Å². The SMILES string of the molecule is COCC(CCCN)N(C)C1CCCN(C)C1. The molecule has 1 rings (SSSR count). The molecule has 102 valence electrons. The van der Waals surface area contributed by atoms with Crippen LogP contribution in [0.5, 0.6) is 0 Å². The van der Waals surface area contributed by atoms with Crippen LogP contribution < -0.4 is 5.73 Å². The van der Waals surface area contributed by atoms with Crippen molar-refractivity contribution in [1.29, 1.82) is 0 Å². The molecule has 0 amide bonds. The summed E-state index contributed by atoms with van der Waals surface area (Å²) in [5.74, 6) is 0. The maximum Gasteiger partial charge on any atom is 0.0618 e. The van der Waals surface area contributed by atoms with Crippen molar-refractivity contribution in [3.63, 3.8) is 0 Å². The molecule has 1 aliphatic heterocycles. The fourth-order valence-electron chi connectivity index (χ4n) is 2.72. The van der Waals surface area contributed by atoms with Gasteiger partial charge in [0, 0.05) is 25.7 Å². The highest BCUT2D eigenvalue weighted by atomic mass is 16.5. The van der Waals surface area contributed by atoms with Crippen LogP contribution in [0, 0.1) is 0 Å². The molecule has 0 saturated carbocycles. The molecular formula is C13H29N3O. The second-order valence-electron chi connectivity index (χ2n) is 5.26. The van der Waals surface area contributed by atoms with Crippen LogP contribution in [-0.4, -0.2) is 69.3 Å². The molecule has 1 heterocycles. The summed E-state index contributed by atoms with van der Waals surface area (Å²) in [7, 11) is 6.24. The Bertz CT molecular complexity index is 201. The van der Waals surface area contributed by atoms with E-state index in [2.05, 4.69) is 23.9 Å². The van der Waals surface area contributed by atoms with E-state index in [1.807, 2.05) is 0 Å². The Balaban J connectivity index is 2.46. The van der Waals surface area contributed by atoms with Gasteiger partial charge in [-0.2, -0.15) is 0 Å². The first-order chi connectivity index (χ1) is 8.19. The van der Waals surface area contributed by atoms with Crippen molar-refractivity contribution in [2.45, 2.75) is 37.8 Å². The molecule has 4 nitrogen and oxygen atoms in total. The van der Waals surface area contributed by atoms with Crippen molar-refractivity contribution < 1.29 is 4.74 Å².